The Morgan fingerprint density at radius 2 is 1.74 bits per heavy atom. The predicted octanol–water partition coefficient (Wildman–Crippen LogP) is 4.70. The van der Waals surface area contributed by atoms with Crippen LogP contribution in [0.5, 0.6) is 11.5 Å². The molecule has 0 aliphatic carbocycles. The van der Waals surface area contributed by atoms with Crippen molar-refractivity contribution in [1.29, 1.82) is 0 Å². The van der Waals surface area contributed by atoms with Crippen LogP contribution in [0.3, 0.4) is 0 Å². The van der Waals surface area contributed by atoms with Crippen molar-refractivity contribution >= 4 is 17.7 Å². The van der Waals surface area contributed by atoms with Crippen LogP contribution in [0.4, 0.5) is 19.3 Å². The number of rotatable bonds is 17. The molecule has 0 fully saturated rings. The molecule has 38 heavy (non-hydrogen) atoms. The van der Waals surface area contributed by atoms with Crippen molar-refractivity contribution in [3.05, 3.63) is 54.1 Å². The van der Waals surface area contributed by atoms with Gasteiger partial charge in [-0.3, -0.25) is 0 Å². The number of methoxy groups -OCH3 is 1. The third-order valence-corrected chi connectivity index (χ3v) is 5.59. The van der Waals surface area contributed by atoms with E-state index in [2.05, 4.69) is 5.32 Å². The summed E-state index contributed by atoms with van der Waals surface area (Å²) in [6.07, 6.45) is -1.04. The van der Waals surface area contributed by atoms with Gasteiger partial charge >= 0.3 is 12.0 Å². The van der Waals surface area contributed by atoms with Gasteiger partial charge in [-0.25, -0.2) is 18.4 Å². The lowest BCUT2D eigenvalue weighted by Crippen LogP contribution is -2.40. The number of alkyl halides is 2. The molecule has 2 aromatic rings. The van der Waals surface area contributed by atoms with Crippen LogP contribution in [0.15, 0.2) is 48.5 Å². The van der Waals surface area contributed by atoms with Crippen molar-refractivity contribution in [2.75, 3.05) is 51.9 Å². The van der Waals surface area contributed by atoms with Crippen molar-refractivity contribution in [2.45, 2.75) is 38.7 Å². The Bertz CT molecular complexity index is 1010. The minimum absolute atomic E-state index is 0.0665. The minimum atomic E-state index is -2.92. The maximum atomic E-state index is 13.5. The first-order valence-electron chi connectivity index (χ1n) is 12.4. The highest BCUT2D eigenvalue weighted by Gasteiger charge is 2.26. The number of carboxylic acids is 1. The van der Waals surface area contributed by atoms with E-state index in [0.29, 0.717) is 23.8 Å². The smallest absolute Gasteiger partial charge is 0.333 e. The number of amides is 2. The first kappa shape index (κ1) is 30.8. The number of anilines is 1. The molecule has 2 aromatic carbocycles. The molecule has 0 spiro atoms. The number of hydrogen-bond acceptors (Lipinski definition) is 6. The molecule has 0 aliphatic rings. The van der Waals surface area contributed by atoms with E-state index in [-0.39, 0.29) is 39.1 Å². The van der Waals surface area contributed by atoms with Crippen molar-refractivity contribution < 1.29 is 42.4 Å². The van der Waals surface area contributed by atoms with Gasteiger partial charge in [0.2, 0.25) is 0 Å². The summed E-state index contributed by atoms with van der Waals surface area (Å²) in [6.45, 7) is 2.96. The first-order chi connectivity index (χ1) is 18.2. The van der Waals surface area contributed by atoms with Crippen LogP contribution in [0.25, 0.3) is 0 Å². The van der Waals surface area contributed by atoms with Gasteiger partial charge in [0, 0.05) is 26.0 Å². The zero-order valence-electron chi connectivity index (χ0n) is 22.0. The highest BCUT2D eigenvalue weighted by Crippen LogP contribution is 2.23. The second-order valence-electron chi connectivity index (χ2n) is 8.36. The molecule has 0 saturated carbocycles. The van der Waals surface area contributed by atoms with Gasteiger partial charge < -0.3 is 34.3 Å². The second-order valence-corrected chi connectivity index (χ2v) is 8.36. The molecular formula is C27H36F2N2O7. The quantitative estimate of drug-likeness (QED) is 0.281. The van der Waals surface area contributed by atoms with E-state index in [1.165, 1.54) is 18.9 Å². The lowest BCUT2D eigenvalue weighted by molar-refractivity contribution is -0.149. The largest absolute Gasteiger partial charge is 0.495 e. The summed E-state index contributed by atoms with van der Waals surface area (Å²) in [5.41, 5.74) is 1.24. The summed E-state index contributed by atoms with van der Waals surface area (Å²) in [4.78, 5) is 25.7. The molecule has 2 amide bonds. The van der Waals surface area contributed by atoms with Crippen molar-refractivity contribution in [3.8, 4) is 11.5 Å². The van der Waals surface area contributed by atoms with Gasteiger partial charge in [-0.15, -0.1) is 0 Å². The maximum Gasteiger partial charge on any atom is 0.333 e. The zero-order valence-corrected chi connectivity index (χ0v) is 22.0. The standard InChI is InChI=1S/C27H36F2N2O7/c1-4-27(28,29)19-36-16-14-31(26(34)30-22-8-6-7-9-23(22)35-3)15-17-38-21-12-10-20(11-13-21)18-24(25(32)33)37-5-2/h6-13,24H,4-5,14-19H2,1-3H3,(H,30,34)(H,32,33). The molecule has 210 valence electrons. The van der Waals surface area contributed by atoms with E-state index < -0.39 is 30.6 Å². The van der Waals surface area contributed by atoms with E-state index in [1.54, 1.807) is 55.5 Å². The summed E-state index contributed by atoms with van der Waals surface area (Å²) < 4.78 is 48.4. The number of benzene rings is 2. The average molecular weight is 539 g/mol. The molecule has 9 nitrogen and oxygen atoms in total. The average Bonchev–Trinajstić information content (AvgIpc) is 2.90. The van der Waals surface area contributed by atoms with Crippen LogP contribution in [0, 0.1) is 0 Å². The molecule has 1 atom stereocenters. The van der Waals surface area contributed by atoms with Crippen LogP contribution < -0.4 is 14.8 Å². The zero-order chi connectivity index (χ0) is 28.0. The predicted molar refractivity (Wildman–Crippen MR) is 138 cm³/mol. The molecular weight excluding hydrogens is 502 g/mol. The van der Waals surface area contributed by atoms with Crippen LogP contribution in [0.2, 0.25) is 0 Å². The number of aliphatic carboxylic acids is 1. The summed E-state index contributed by atoms with van der Waals surface area (Å²) >= 11 is 0. The number of nitrogens with zero attached hydrogens (tertiary/aromatic N) is 1. The van der Waals surface area contributed by atoms with Crippen LogP contribution in [-0.2, 0) is 20.7 Å². The number of halogens is 2. The summed E-state index contributed by atoms with van der Waals surface area (Å²) in [5, 5.41) is 12.0. The Morgan fingerprint density at radius 3 is 2.37 bits per heavy atom. The summed E-state index contributed by atoms with van der Waals surface area (Å²) in [7, 11) is 1.49. The molecule has 0 radical (unpaired) electrons. The molecule has 2 N–H and O–H groups in total. The number of ether oxygens (including phenoxy) is 4. The van der Waals surface area contributed by atoms with Gasteiger partial charge in [-0.05, 0) is 36.8 Å². The molecule has 0 bridgehead atoms. The van der Waals surface area contributed by atoms with E-state index in [0.717, 1.165) is 5.56 Å². The van der Waals surface area contributed by atoms with Gasteiger partial charge in [0.15, 0.2) is 6.10 Å². The second kappa shape index (κ2) is 15.7. The fraction of sp³-hybridized carbons (Fsp3) is 0.481. The molecule has 0 saturated heterocycles. The lowest BCUT2D eigenvalue weighted by Gasteiger charge is -2.24. The SMILES string of the molecule is CCOC(Cc1ccc(OCCN(CCOCC(F)(F)CC)C(=O)Nc2ccccc2OC)cc1)C(=O)O. The van der Waals surface area contributed by atoms with Crippen molar-refractivity contribution in [3.63, 3.8) is 0 Å². The molecule has 11 heteroatoms. The Morgan fingerprint density at radius 1 is 1.05 bits per heavy atom. The number of urea groups is 1. The number of carbonyl (C=O) groups excluding carboxylic acids is 1. The summed E-state index contributed by atoms with van der Waals surface area (Å²) in [6, 6.07) is 13.3. The lowest BCUT2D eigenvalue weighted by atomic mass is 10.1. The molecule has 0 aliphatic heterocycles. The first-order valence-corrected chi connectivity index (χ1v) is 12.4. The Hall–Kier alpha value is -3.44. The number of carbonyl (C=O) groups is 2. The number of para-hydroxylation sites is 2. The third kappa shape index (κ3) is 10.5. The molecule has 2 rings (SSSR count). The van der Waals surface area contributed by atoms with Gasteiger partial charge in [-0.2, -0.15) is 0 Å². The van der Waals surface area contributed by atoms with E-state index in [4.69, 9.17) is 18.9 Å². The van der Waals surface area contributed by atoms with Gasteiger partial charge in [-0.1, -0.05) is 31.2 Å². The summed E-state index contributed by atoms with van der Waals surface area (Å²) in [5.74, 6) is -2.94. The highest BCUT2D eigenvalue weighted by atomic mass is 19.3. The fourth-order valence-corrected chi connectivity index (χ4v) is 3.38. The van der Waals surface area contributed by atoms with Crippen molar-refractivity contribution in [1.82, 2.24) is 4.90 Å². The highest BCUT2D eigenvalue weighted by molar-refractivity contribution is 5.91. The van der Waals surface area contributed by atoms with Crippen LogP contribution in [-0.4, -0.2) is 80.7 Å². The Kier molecular flexibility index (Phi) is 12.7. The molecule has 1 unspecified atom stereocenters. The van der Waals surface area contributed by atoms with Gasteiger partial charge in [0.25, 0.3) is 5.92 Å². The molecule has 0 heterocycles. The van der Waals surface area contributed by atoms with E-state index >= 15 is 0 Å². The maximum absolute atomic E-state index is 13.5. The Labute approximate surface area is 221 Å². The molecule has 0 aromatic heterocycles. The van der Waals surface area contributed by atoms with Gasteiger partial charge in [0.05, 0.1) is 25.9 Å². The number of carboxylic acid groups (broad SMARTS) is 1. The van der Waals surface area contributed by atoms with E-state index in [1.807, 2.05) is 0 Å². The fourth-order valence-electron chi connectivity index (χ4n) is 3.38. The normalized spacial score (nSPS) is 12.0. The van der Waals surface area contributed by atoms with Gasteiger partial charge in [0.1, 0.15) is 24.7 Å². The van der Waals surface area contributed by atoms with Crippen LogP contribution >= 0.6 is 0 Å². The van der Waals surface area contributed by atoms with Crippen LogP contribution in [0.1, 0.15) is 25.8 Å². The monoisotopic (exact) mass is 538 g/mol. The minimum Gasteiger partial charge on any atom is -0.495 e. The van der Waals surface area contributed by atoms with Crippen molar-refractivity contribution in [2.24, 2.45) is 0 Å². The number of hydrogen-bond donors (Lipinski definition) is 2. The third-order valence-electron chi connectivity index (χ3n) is 5.59. The van der Waals surface area contributed by atoms with E-state index in [9.17, 15) is 23.5 Å². The topological polar surface area (TPSA) is 107 Å². The number of nitrogens with one attached hydrogen (secondary N) is 1. The Balaban J connectivity index is 1.97.